The summed E-state index contributed by atoms with van der Waals surface area (Å²) in [6.45, 7) is 25.1. The molecule has 3 saturated carbocycles. The normalized spacial score (nSPS) is 19.4. The summed E-state index contributed by atoms with van der Waals surface area (Å²) in [6.07, 6.45) is 38.7. The van der Waals surface area contributed by atoms with Crippen molar-refractivity contribution in [3.8, 4) is 0 Å². The van der Waals surface area contributed by atoms with E-state index >= 15 is 0 Å². The summed E-state index contributed by atoms with van der Waals surface area (Å²) in [4.78, 5) is 81.9. The Kier molecular flexibility index (Phi) is 54.2. The first-order valence-corrected chi connectivity index (χ1v) is 54.8. The number of rotatable bonds is 33. The van der Waals surface area contributed by atoms with Crippen LogP contribution in [0, 0.1) is 51.0 Å². The van der Waals surface area contributed by atoms with Crippen molar-refractivity contribution in [2.24, 2.45) is 23.7 Å². The first-order valence-electron chi connectivity index (χ1n) is 46.5. The van der Waals surface area contributed by atoms with E-state index in [4.69, 9.17) is 62.3 Å². The predicted molar refractivity (Wildman–Crippen MR) is 527 cm³/mol. The minimum atomic E-state index is -1.61. The molecule has 2 heterocycles. The van der Waals surface area contributed by atoms with Crippen LogP contribution in [0.1, 0.15) is 272 Å². The Balaban J connectivity index is 0.000000302. The van der Waals surface area contributed by atoms with Gasteiger partial charge in [0.2, 0.25) is 23.6 Å². The Hall–Kier alpha value is -6.84. The van der Waals surface area contributed by atoms with E-state index in [1.165, 1.54) is 58.7 Å². The van der Waals surface area contributed by atoms with Crippen molar-refractivity contribution in [1.82, 2.24) is 21.3 Å². The molecule has 3 aliphatic carbocycles. The monoisotopic (exact) mass is 1910 g/mol. The number of nitrogens with one attached hydrogen (secondary N) is 4. The Labute approximate surface area is 782 Å². The number of aliphatic hydroxyl groups excluding tert-OH is 2. The molecule has 10 atom stereocenters. The van der Waals surface area contributed by atoms with E-state index in [0.29, 0.717) is 77.0 Å². The van der Waals surface area contributed by atoms with Gasteiger partial charge in [0.05, 0.1) is 58.1 Å². The van der Waals surface area contributed by atoms with Gasteiger partial charge in [0.15, 0.2) is 0 Å². The number of allylic oxidation sites excluding steroid dienone is 4. The van der Waals surface area contributed by atoms with Gasteiger partial charge in [0, 0.05) is 53.2 Å². The molecule has 15 nitrogen and oxygen atoms in total. The molecular formula is C105H150Cl4N5O10PRu. The third kappa shape index (κ3) is 40.7. The number of ether oxygens (including phenoxy) is 2. The number of aryl methyl sites for hydroxylation is 3. The van der Waals surface area contributed by atoms with Gasteiger partial charge in [-0.1, -0.05) is 203 Å². The van der Waals surface area contributed by atoms with Gasteiger partial charge in [-0.15, -0.1) is 36.4 Å². The fraction of sp³-hybridized carbons (Fsp3) is 0.524. The number of halogens is 4. The number of alkyl halides is 2. The van der Waals surface area contributed by atoms with Crippen LogP contribution in [0.25, 0.3) is 0 Å². The van der Waals surface area contributed by atoms with Gasteiger partial charge < -0.3 is 45.9 Å². The molecule has 4 fully saturated rings. The van der Waals surface area contributed by atoms with Crippen molar-refractivity contribution < 1.29 is 63.4 Å². The van der Waals surface area contributed by atoms with Gasteiger partial charge in [-0.25, -0.2) is 6.54 Å². The van der Waals surface area contributed by atoms with E-state index in [2.05, 4.69) is 78.8 Å². The molecule has 0 spiro atoms. The third-order valence-corrected chi connectivity index (χ3v) is 30.8. The molecular weight excluding hydrogens is 1770 g/mol. The number of cyclic esters (lactones) is 1. The SMILES string of the molecule is C1CCC([PH+](C2CCCCC2)C2CCCCC2)CC1.C=CCC[C@H](Cc1ccccc1)C(=O)OC(c1ccccc1)[C@H](CC)NC(=O)[C@H](CC=C)CC(=O)N[C@@H](C)CCO.CC[C@@H]1NC(=O)[C@@H](CC(=O)N[C@@H](C)CCO)C/C=C/CC[C@H](Cc2ccccc2)C(=O)OC1c1ccccc1.Cc1cc(C)c(N2[CH-]CCC2)c(C)c1.ClCCl.[2HH].[Cl][Ru]([Cl])=[CH]c1ccccc1. The first-order chi connectivity index (χ1) is 61.1. The molecule has 0 radical (unpaired) electrons. The van der Waals surface area contributed by atoms with Crippen LogP contribution in [0.3, 0.4) is 0 Å². The van der Waals surface area contributed by atoms with Crippen LogP contribution in [0.4, 0.5) is 5.69 Å². The fourth-order valence-corrected chi connectivity index (χ4v) is 25.1. The quantitative estimate of drug-likeness (QED) is 0.00570. The van der Waals surface area contributed by atoms with Crippen molar-refractivity contribution >= 4 is 96.4 Å². The average Bonchev–Trinajstić information content (AvgIpc) is 1.22. The van der Waals surface area contributed by atoms with Gasteiger partial charge in [-0.2, -0.15) is 6.42 Å². The van der Waals surface area contributed by atoms with Crippen LogP contribution >= 0.6 is 50.5 Å². The molecule has 696 valence electrons. The summed E-state index contributed by atoms with van der Waals surface area (Å²) in [6, 6.07) is 51.8. The molecule has 6 N–H and O–H groups in total. The molecule has 21 heteroatoms. The maximum absolute atomic E-state index is 13.6. The van der Waals surface area contributed by atoms with Crippen LogP contribution in [0.5, 0.6) is 0 Å². The number of benzene rings is 6. The van der Waals surface area contributed by atoms with E-state index in [1.807, 2.05) is 196 Å². The van der Waals surface area contributed by atoms with Gasteiger partial charge in [-0.3, -0.25) is 28.8 Å². The Morgan fingerprint density at radius 2 is 1.17 bits per heavy atom. The van der Waals surface area contributed by atoms with Gasteiger partial charge in [0.25, 0.3) is 0 Å². The second-order valence-corrected chi connectivity index (χ2v) is 44.4. The minimum absolute atomic E-state index is 0. The summed E-state index contributed by atoms with van der Waals surface area (Å²) < 4.78 is 14.3. The number of hydrogen-bond donors (Lipinski definition) is 6. The second-order valence-electron chi connectivity index (χ2n) is 34.4. The molecule has 126 heavy (non-hydrogen) atoms. The standard InChI is InChI=1S/C34H46N2O5.C32H42N2O5.C18H33P.C13H18N.C7H6.CH2Cl2.2ClH.Ru.H2/c1-5-8-18-29(23-26-16-11-9-12-17-26)34(40)41-32(27-19-13-10-14-20-27)30(7-3)36-33(39)28(15-6-2)24-31(38)35-25(4)21-22-37;1-3-28-30(25-15-9-5-10-16-25)39-32(38)27(21-24-13-7-4-8-14-24)18-12-6-11-17-26(31(37)34-28)22-29(36)33-23(2)19-20-35;1-4-10-16(11-5-1)19(17-12-6-2-7-13-17)18-14-8-3-9-15-18;1-10-8-11(2)13(12(3)9-10)14-6-4-5-7-14;1-7-5-3-2-4-6-7;2-1-3;;;;/h5-6,9-14,16-17,19-20,25,28-30,32,37H,1-2,7-8,15,18,21-24H2,3-4H3,(H,35,38)(H,36,39);4-11,13-16,23,26-28,30,35H,3,12,17-22H2,1-2H3,(H,33,36)(H,34,37);16-18H,1-15H2;6,8-9H,4-5,7H2,1-3H3;1-6H;1H2;2*1H;;1H/q;;;-1;;;;;+2;/p-1/b;11-6+;;;;;;;;/t25-,28+,29+,30-,32?;23-,26+,27+,28-,30?;;;;;;;;/m00......../s1/i;;;;;;;;;1+1. The summed E-state index contributed by atoms with van der Waals surface area (Å²) in [7, 11) is 11.3. The van der Waals surface area contributed by atoms with Gasteiger partial charge >= 0.3 is 85.3 Å². The van der Waals surface area contributed by atoms with Crippen molar-refractivity contribution in [3.63, 3.8) is 0 Å². The second kappa shape index (κ2) is 63.2. The average molecular weight is 1920 g/mol. The van der Waals surface area contributed by atoms with E-state index in [0.717, 1.165) is 27.8 Å². The maximum atomic E-state index is 13.6. The van der Waals surface area contributed by atoms with Gasteiger partial charge in [-0.05, 0) is 229 Å². The topological polar surface area (TPSA) is 213 Å². The summed E-state index contributed by atoms with van der Waals surface area (Å²) >= 11 is 7.91. The molecule has 5 aliphatic rings. The number of amides is 4. The van der Waals surface area contributed by atoms with Gasteiger partial charge in [0.1, 0.15) is 12.2 Å². The zero-order chi connectivity index (χ0) is 91.2. The Morgan fingerprint density at radius 1 is 0.651 bits per heavy atom. The summed E-state index contributed by atoms with van der Waals surface area (Å²) in [5.41, 5.74) is 14.1. The van der Waals surface area contributed by atoms with Crippen LogP contribution in [-0.2, 0) is 64.6 Å². The molecule has 0 bridgehead atoms. The number of hydrogen-bond acceptors (Lipinski definition) is 11. The third-order valence-electron chi connectivity index (χ3n) is 24.4. The number of nitrogens with zero attached hydrogens (tertiary/aromatic N) is 1. The molecule has 6 aromatic carbocycles. The van der Waals surface area contributed by atoms with E-state index in [9.17, 15) is 28.8 Å². The van der Waals surface area contributed by atoms with Crippen molar-refractivity contribution in [1.29, 1.82) is 0 Å². The summed E-state index contributed by atoms with van der Waals surface area (Å²) in [5.74, 6) is -3.52. The fourth-order valence-electron chi connectivity index (χ4n) is 18.0. The molecule has 4 amide bonds. The van der Waals surface area contributed by atoms with E-state index < -0.39 is 49.6 Å². The number of esters is 2. The zero-order valence-electron chi connectivity index (χ0n) is 76.2. The van der Waals surface area contributed by atoms with Crippen molar-refractivity contribution in [2.45, 2.75) is 301 Å². The van der Waals surface area contributed by atoms with Crippen LogP contribution in [0.15, 0.2) is 201 Å². The molecule has 2 aliphatic heterocycles. The van der Waals surface area contributed by atoms with E-state index in [-0.39, 0.29) is 100 Å². The Morgan fingerprint density at radius 3 is 1.66 bits per heavy atom. The molecule has 6 aromatic rings. The van der Waals surface area contributed by atoms with Crippen LogP contribution in [-0.4, -0.2) is 117 Å². The number of carbonyl (C=O) groups excluding carboxylic acids is 6. The Bertz CT molecular complexity index is 4070. The molecule has 11 rings (SSSR count). The van der Waals surface area contributed by atoms with Crippen LogP contribution in [0.2, 0.25) is 0 Å². The van der Waals surface area contributed by atoms with E-state index in [1.54, 1.807) is 108 Å². The van der Waals surface area contributed by atoms with Crippen molar-refractivity contribution in [3.05, 3.63) is 252 Å². The molecule has 0 aromatic heterocycles. The molecule has 1 saturated heterocycles. The van der Waals surface area contributed by atoms with Crippen LogP contribution < -0.4 is 26.2 Å². The predicted octanol–water partition coefficient (Wildman–Crippen LogP) is 24.1. The summed E-state index contributed by atoms with van der Waals surface area (Å²) in [5, 5.41) is 30.3. The number of aliphatic hydroxyl groups is 2. The first kappa shape index (κ1) is 108. The number of carbonyl (C=O) groups is 6. The van der Waals surface area contributed by atoms with Crippen molar-refractivity contribution in [2.75, 3.05) is 30.0 Å². The number of anilines is 1. The molecule has 2 unspecified atom stereocenters. The zero-order valence-corrected chi connectivity index (χ0v) is 82.0.